The molecule has 0 amide bonds. The minimum atomic E-state index is -0.281. The normalized spacial score (nSPS) is 35.6. The van der Waals surface area contributed by atoms with Crippen LogP contribution >= 0.6 is 0 Å². The van der Waals surface area contributed by atoms with E-state index in [4.69, 9.17) is 4.74 Å². The van der Waals surface area contributed by atoms with Gasteiger partial charge in [-0.25, -0.2) is 0 Å². The summed E-state index contributed by atoms with van der Waals surface area (Å²) in [7, 11) is 0. The summed E-state index contributed by atoms with van der Waals surface area (Å²) in [6, 6.07) is 8.93. The molecule has 132 valence electrons. The predicted octanol–water partition coefficient (Wildman–Crippen LogP) is 6.28. The maximum absolute atomic E-state index is 7.05. The van der Waals surface area contributed by atoms with E-state index in [1.54, 1.807) is 0 Å². The Bertz CT molecular complexity index is 725. The molecule has 2 aliphatic carbocycles. The van der Waals surface area contributed by atoms with E-state index < -0.39 is 0 Å². The highest BCUT2D eigenvalue weighted by molar-refractivity contribution is 5.52. The highest BCUT2D eigenvalue weighted by atomic mass is 16.5. The maximum atomic E-state index is 7.05. The molecule has 1 aromatic rings. The molecular weight excluding hydrogens is 304 g/mol. The average Bonchev–Trinajstić information content (AvgIpc) is 2.89. The van der Waals surface area contributed by atoms with Gasteiger partial charge in [-0.3, -0.25) is 0 Å². The third kappa shape index (κ3) is 2.56. The Morgan fingerprint density at radius 3 is 2.56 bits per heavy atom. The summed E-state index contributed by atoms with van der Waals surface area (Å²) in [5, 5.41) is 0. The van der Waals surface area contributed by atoms with Gasteiger partial charge in [0.1, 0.15) is 5.60 Å². The van der Waals surface area contributed by atoms with E-state index in [0.29, 0.717) is 23.9 Å². The molecule has 5 atom stereocenters. The number of fused-ring (bicyclic) bond motifs is 5. The van der Waals surface area contributed by atoms with Crippen LogP contribution in [0.5, 0.6) is 0 Å². The molecule has 1 aromatic carbocycles. The fourth-order valence-electron chi connectivity index (χ4n) is 5.33. The molecule has 5 unspecified atom stereocenters. The number of ether oxygens (including phenoxy) is 1. The van der Waals surface area contributed by atoms with Crippen LogP contribution in [0, 0.1) is 11.8 Å². The van der Waals surface area contributed by atoms with Crippen molar-refractivity contribution in [1.82, 2.24) is 0 Å². The van der Waals surface area contributed by atoms with E-state index in [0.717, 1.165) is 6.42 Å². The molecule has 0 fully saturated rings. The van der Waals surface area contributed by atoms with Gasteiger partial charge in [0, 0.05) is 17.8 Å². The summed E-state index contributed by atoms with van der Waals surface area (Å²) in [6.45, 7) is 6.91. The molecule has 1 aliphatic heterocycles. The summed E-state index contributed by atoms with van der Waals surface area (Å²) in [5.41, 5.74) is 4.08. The van der Waals surface area contributed by atoms with E-state index in [1.165, 1.54) is 36.0 Å². The molecule has 0 aromatic heterocycles. The van der Waals surface area contributed by atoms with Crippen molar-refractivity contribution in [3.8, 4) is 0 Å². The molecule has 1 heterocycles. The minimum Gasteiger partial charge on any atom is -0.362 e. The van der Waals surface area contributed by atoms with Crippen LogP contribution < -0.4 is 0 Å². The van der Waals surface area contributed by atoms with Crippen molar-refractivity contribution in [2.75, 3.05) is 0 Å². The summed E-state index contributed by atoms with van der Waals surface area (Å²) in [5.74, 6) is 1.40. The van der Waals surface area contributed by atoms with E-state index in [2.05, 4.69) is 75.4 Å². The zero-order valence-corrected chi connectivity index (χ0v) is 15.7. The lowest BCUT2D eigenvalue weighted by Crippen LogP contribution is -2.44. The standard InChI is InChI=1S/C24H30O/c1-4-10-18-17(3)16-24(25-23(18)11-5-2)21-14-8-6-12-19(21)20-13-7-9-15-22(20)24/h6-9,12-16,18-19,21,23H,4-5,10-11H2,1-3H3. The van der Waals surface area contributed by atoms with Crippen molar-refractivity contribution >= 4 is 0 Å². The molecule has 1 nitrogen and oxygen atoms in total. The van der Waals surface area contributed by atoms with Gasteiger partial charge < -0.3 is 4.74 Å². The molecule has 3 aliphatic rings. The van der Waals surface area contributed by atoms with Crippen LogP contribution in [0.2, 0.25) is 0 Å². The molecular formula is C24H30O. The van der Waals surface area contributed by atoms with Gasteiger partial charge in [0.15, 0.2) is 0 Å². The molecule has 0 radical (unpaired) electrons. The molecule has 0 bridgehead atoms. The summed E-state index contributed by atoms with van der Waals surface area (Å²) in [6.07, 6.45) is 16.7. The first-order chi connectivity index (χ1) is 12.2. The first kappa shape index (κ1) is 16.8. The molecule has 1 spiro atoms. The second kappa shape index (κ2) is 6.61. The number of allylic oxidation sites excluding steroid dienone is 3. The number of hydrogen-bond acceptors (Lipinski definition) is 1. The van der Waals surface area contributed by atoms with Crippen molar-refractivity contribution in [2.24, 2.45) is 11.8 Å². The van der Waals surface area contributed by atoms with Crippen molar-refractivity contribution in [2.45, 2.75) is 64.1 Å². The summed E-state index contributed by atoms with van der Waals surface area (Å²) >= 11 is 0. The minimum absolute atomic E-state index is 0.281. The molecule has 25 heavy (non-hydrogen) atoms. The molecule has 0 saturated heterocycles. The van der Waals surface area contributed by atoms with Gasteiger partial charge in [0.25, 0.3) is 0 Å². The van der Waals surface area contributed by atoms with E-state index in [9.17, 15) is 0 Å². The van der Waals surface area contributed by atoms with Crippen molar-refractivity contribution in [3.05, 3.63) is 71.3 Å². The van der Waals surface area contributed by atoms with Gasteiger partial charge in [-0.2, -0.15) is 0 Å². The first-order valence-corrected chi connectivity index (χ1v) is 10.0. The fraction of sp³-hybridized carbons (Fsp3) is 0.500. The quantitative estimate of drug-likeness (QED) is 0.589. The van der Waals surface area contributed by atoms with Crippen molar-refractivity contribution in [3.63, 3.8) is 0 Å². The van der Waals surface area contributed by atoms with E-state index in [-0.39, 0.29) is 5.60 Å². The molecule has 0 N–H and O–H groups in total. The third-order valence-electron chi connectivity index (χ3n) is 6.37. The summed E-state index contributed by atoms with van der Waals surface area (Å²) < 4.78 is 7.05. The SMILES string of the molecule is CCCC1OC2(C=C(C)C1CCC)c1ccccc1C1C=CC=CC12. The lowest BCUT2D eigenvalue weighted by atomic mass is 9.74. The van der Waals surface area contributed by atoms with Gasteiger partial charge in [-0.05, 0) is 37.0 Å². The Morgan fingerprint density at radius 1 is 1.00 bits per heavy atom. The largest absolute Gasteiger partial charge is 0.362 e. The lowest BCUT2D eigenvalue weighted by molar-refractivity contribution is -0.120. The zero-order valence-electron chi connectivity index (χ0n) is 15.7. The monoisotopic (exact) mass is 334 g/mol. The smallest absolute Gasteiger partial charge is 0.119 e. The number of hydrogen-bond donors (Lipinski definition) is 0. The Kier molecular flexibility index (Phi) is 4.45. The van der Waals surface area contributed by atoms with Gasteiger partial charge in [0.05, 0.1) is 6.10 Å². The van der Waals surface area contributed by atoms with Crippen LogP contribution in [0.3, 0.4) is 0 Å². The fourth-order valence-corrected chi connectivity index (χ4v) is 5.33. The first-order valence-electron chi connectivity index (χ1n) is 10.0. The van der Waals surface area contributed by atoms with Gasteiger partial charge in [0.2, 0.25) is 0 Å². The van der Waals surface area contributed by atoms with Crippen LogP contribution in [0.25, 0.3) is 0 Å². The number of rotatable bonds is 4. The van der Waals surface area contributed by atoms with E-state index in [1.807, 2.05) is 0 Å². The average molecular weight is 335 g/mol. The highest BCUT2D eigenvalue weighted by Crippen LogP contribution is 2.57. The molecule has 4 rings (SSSR count). The highest BCUT2D eigenvalue weighted by Gasteiger charge is 2.53. The van der Waals surface area contributed by atoms with Crippen LogP contribution in [0.4, 0.5) is 0 Å². The topological polar surface area (TPSA) is 9.23 Å². The van der Waals surface area contributed by atoms with Crippen LogP contribution in [0.1, 0.15) is 63.5 Å². The van der Waals surface area contributed by atoms with Crippen LogP contribution in [0.15, 0.2) is 60.2 Å². The van der Waals surface area contributed by atoms with Crippen LogP contribution in [-0.2, 0) is 10.3 Å². The Balaban J connectivity index is 1.85. The van der Waals surface area contributed by atoms with Crippen molar-refractivity contribution in [1.29, 1.82) is 0 Å². The Morgan fingerprint density at radius 2 is 1.76 bits per heavy atom. The Labute approximate surface area is 152 Å². The third-order valence-corrected chi connectivity index (χ3v) is 6.37. The zero-order chi connectivity index (χ0) is 17.4. The predicted molar refractivity (Wildman–Crippen MR) is 105 cm³/mol. The van der Waals surface area contributed by atoms with Crippen LogP contribution in [-0.4, -0.2) is 6.10 Å². The van der Waals surface area contributed by atoms with Crippen molar-refractivity contribution < 1.29 is 4.74 Å². The Hall–Kier alpha value is -1.60. The molecule has 0 saturated carbocycles. The second-order valence-electron chi connectivity index (χ2n) is 7.93. The molecule has 1 heteroatoms. The summed E-state index contributed by atoms with van der Waals surface area (Å²) in [4.78, 5) is 0. The maximum Gasteiger partial charge on any atom is 0.119 e. The van der Waals surface area contributed by atoms with Gasteiger partial charge >= 0.3 is 0 Å². The number of benzene rings is 1. The van der Waals surface area contributed by atoms with Gasteiger partial charge in [-0.15, -0.1) is 0 Å². The lowest BCUT2D eigenvalue weighted by Gasteiger charge is -2.45. The second-order valence-corrected chi connectivity index (χ2v) is 7.93. The van der Waals surface area contributed by atoms with Gasteiger partial charge in [-0.1, -0.05) is 80.8 Å². The van der Waals surface area contributed by atoms with E-state index >= 15 is 0 Å².